The number of nitrogens with zero attached hydrogens (tertiary/aromatic N) is 2. The van der Waals surface area contributed by atoms with Crippen molar-refractivity contribution in [1.29, 1.82) is 0 Å². The highest BCUT2D eigenvalue weighted by atomic mass is 32.1. The van der Waals surface area contributed by atoms with E-state index in [1.807, 2.05) is 48.0 Å². The molecule has 0 bridgehead atoms. The third kappa shape index (κ3) is 2.23. The van der Waals surface area contributed by atoms with Crippen LogP contribution in [-0.2, 0) is 0 Å². The molecule has 0 saturated carbocycles. The van der Waals surface area contributed by atoms with Gasteiger partial charge in [0.05, 0.1) is 5.69 Å². The van der Waals surface area contributed by atoms with Crippen molar-refractivity contribution in [2.45, 2.75) is 6.92 Å². The quantitative estimate of drug-likeness (QED) is 0.799. The summed E-state index contributed by atoms with van der Waals surface area (Å²) in [4.78, 5) is 11.4. The van der Waals surface area contributed by atoms with Gasteiger partial charge in [0.1, 0.15) is 11.3 Å². The van der Waals surface area contributed by atoms with Crippen molar-refractivity contribution in [1.82, 2.24) is 9.78 Å². The lowest BCUT2D eigenvalue weighted by Gasteiger charge is -2.01. The van der Waals surface area contributed by atoms with E-state index in [1.165, 1.54) is 11.3 Å². The molecule has 0 aliphatic rings. The number of aromatic carboxylic acids is 1. The van der Waals surface area contributed by atoms with E-state index in [4.69, 9.17) is 0 Å². The number of benzene rings is 1. The molecule has 0 aliphatic heterocycles. The van der Waals surface area contributed by atoms with E-state index < -0.39 is 5.97 Å². The zero-order chi connectivity index (χ0) is 14.1. The number of carboxylic acid groups (broad SMARTS) is 1. The molecule has 1 N–H and O–H groups in total. The molecule has 4 nitrogen and oxygen atoms in total. The maximum absolute atomic E-state index is 11.4. The van der Waals surface area contributed by atoms with Gasteiger partial charge >= 0.3 is 5.97 Å². The minimum atomic E-state index is -0.968. The van der Waals surface area contributed by atoms with Crippen LogP contribution < -0.4 is 0 Å². The Morgan fingerprint density at radius 3 is 2.60 bits per heavy atom. The average molecular weight is 284 g/mol. The number of hydrogen-bond acceptors (Lipinski definition) is 3. The van der Waals surface area contributed by atoms with E-state index >= 15 is 0 Å². The summed E-state index contributed by atoms with van der Waals surface area (Å²) < 4.78 is 1.61. The Hall–Kier alpha value is -2.40. The molecule has 0 radical (unpaired) electrons. The molecule has 5 heteroatoms. The Bertz CT molecular complexity index is 743. The van der Waals surface area contributed by atoms with Crippen molar-refractivity contribution in [3.8, 4) is 16.9 Å². The molecular formula is C15H12N2O2S. The predicted octanol–water partition coefficient (Wildman–Crippen LogP) is 3.61. The third-order valence-corrected chi connectivity index (χ3v) is 3.72. The molecule has 0 spiro atoms. The summed E-state index contributed by atoms with van der Waals surface area (Å²) in [7, 11) is 0. The highest BCUT2D eigenvalue weighted by molar-refractivity contribution is 7.08. The van der Waals surface area contributed by atoms with Gasteiger partial charge in [0.25, 0.3) is 0 Å². The Labute approximate surface area is 119 Å². The number of aryl methyl sites for hydroxylation is 1. The van der Waals surface area contributed by atoms with Crippen molar-refractivity contribution >= 4 is 17.3 Å². The molecule has 3 aromatic rings. The van der Waals surface area contributed by atoms with Crippen LogP contribution in [0.15, 0.2) is 47.3 Å². The molecular weight excluding hydrogens is 272 g/mol. The Balaban J connectivity index is 2.12. The largest absolute Gasteiger partial charge is 0.478 e. The second kappa shape index (κ2) is 4.94. The molecule has 2 heterocycles. The fourth-order valence-electron chi connectivity index (χ4n) is 1.97. The minimum Gasteiger partial charge on any atom is -0.478 e. The van der Waals surface area contributed by atoms with Crippen LogP contribution >= 0.6 is 11.3 Å². The van der Waals surface area contributed by atoms with E-state index in [0.717, 1.165) is 16.8 Å². The van der Waals surface area contributed by atoms with E-state index in [0.29, 0.717) is 5.69 Å². The van der Waals surface area contributed by atoms with Gasteiger partial charge in [-0.15, -0.1) is 0 Å². The smallest absolute Gasteiger partial charge is 0.339 e. The zero-order valence-electron chi connectivity index (χ0n) is 10.8. The van der Waals surface area contributed by atoms with Crippen molar-refractivity contribution in [2.24, 2.45) is 0 Å². The Kier molecular flexibility index (Phi) is 3.12. The number of hydrogen-bond donors (Lipinski definition) is 1. The van der Waals surface area contributed by atoms with Gasteiger partial charge in [-0.05, 0) is 30.5 Å². The molecule has 0 aliphatic carbocycles. The van der Waals surface area contributed by atoms with Gasteiger partial charge in [-0.3, -0.25) is 0 Å². The first-order valence-corrected chi connectivity index (χ1v) is 7.02. The van der Waals surface area contributed by atoms with Gasteiger partial charge in [-0.2, -0.15) is 16.4 Å². The summed E-state index contributed by atoms with van der Waals surface area (Å²) in [5, 5.41) is 17.5. The molecule has 20 heavy (non-hydrogen) atoms. The SMILES string of the molecule is Cc1ccc(-n2cc(C(=O)O)c(-c3ccsc3)n2)cc1. The molecule has 0 saturated heterocycles. The van der Waals surface area contributed by atoms with Crippen molar-refractivity contribution < 1.29 is 9.90 Å². The molecule has 2 aromatic heterocycles. The van der Waals surface area contributed by atoms with Crippen molar-refractivity contribution in [2.75, 3.05) is 0 Å². The van der Waals surface area contributed by atoms with Crippen LogP contribution in [0.2, 0.25) is 0 Å². The molecule has 100 valence electrons. The van der Waals surface area contributed by atoms with Gasteiger partial charge in [0.15, 0.2) is 0 Å². The Morgan fingerprint density at radius 1 is 1.25 bits per heavy atom. The number of thiophene rings is 1. The van der Waals surface area contributed by atoms with E-state index in [2.05, 4.69) is 5.10 Å². The predicted molar refractivity (Wildman–Crippen MR) is 78.6 cm³/mol. The second-order valence-corrected chi connectivity index (χ2v) is 5.27. The molecule has 0 atom stereocenters. The lowest BCUT2D eigenvalue weighted by Crippen LogP contribution is -1.96. The normalized spacial score (nSPS) is 10.7. The highest BCUT2D eigenvalue weighted by Crippen LogP contribution is 2.25. The van der Waals surface area contributed by atoms with Crippen LogP contribution in [0.4, 0.5) is 0 Å². The standard InChI is InChI=1S/C15H12N2O2S/c1-10-2-4-12(5-3-10)17-8-13(15(18)19)14(16-17)11-6-7-20-9-11/h2-9H,1H3,(H,18,19). The summed E-state index contributed by atoms with van der Waals surface area (Å²) in [6.45, 7) is 2.01. The van der Waals surface area contributed by atoms with Gasteiger partial charge < -0.3 is 5.11 Å². The fourth-order valence-corrected chi connectivity index (χ4v) is 2.61. The van der Waals surface area contributed by atoms with Gasteiger partial charge in [-0.25, -0.2) is 9.48 Å². The maximum atomic E-state index is 11.4. The van der Waals surface area contributed by atoms with E-state index in [1.54, 1.807) is 10.9 Å². The first kappa shape index (κ1) is 12.6. The van der Waals surface area contributed by atoms with Crippen LogP contribution in [0.1, 0.15) is 15.9 Å². The van der Waals surface area contributed by atoms with Crippen LogP contribution in [0.5, 0.6) is 0 Å². The van der Waals surface area contributed by atoms with Crippen LogP contribution in [0.25, 0.3) is 16.9 Å². The first-order chi connectivity index (χ1) is 9.65. The summed E-state index contributed by atoms with van der Waals surface area (Å²) in [6.07, 6.45) is 1.56. The van der Waals surface area contributed by atoms with Crippen molar-refractivity contribution in [3.63, 3.8) is 0 Å². The summed E-state index contributed by atoms with van der Waals surface area (Å²) in [6, 6.07) is 9.67. The number of rotatable bonds is 3. The van der Waals surface area contributed by atoms with Crippen LogP contribution in [-0.4, -0.2) is 20.9 Å². The van der Waals surface area contributed by atoms with Gasteiger partial charge in [0.2, 0.25) is 0 Å². The first-order valence-electron chi connectivity index (χ1n) is 6.08. The summed E-state index contributed by atoms with van der Waals surface area (Å²) >= 11 is 1.52. The molecule has 0 unspecified atom stereocenters. The molecule has 0 amide bonds. The van der Waals surface area contributed by atoms with Crippen molar-refractivity contribution in [3.05, 3.63) is 58.4 Å². The third-order valence-electron chi connectivity index (χ3n) is 3.04. The lowest BCUT2D eigenvalue weighted by atomic mass is 10.1. The van der Waals surface area contributed by atoms with E-state index in [9.17, 15) is 9.90 Å². The van der Waals surface area contributed by atoms with Crippen LogP contribution in [0, 0.1) is 6.92 Å². The van der Waals surface area contributed by atoms with Gasteiger partial charge in [0, 0.05) is 17.1 Å². The molecule has 1 aromatic carbocycles. The summed E-state index contributed by atoms with van der Waals surface area (Å²) in [5.74, 6) is -0.968. The monoisotopic (exact) mass is 284 g/mol. The van der Waals surface area contributed by atoms with Crippen LogP contribution in [0.3, 0.4) is 0 Å². The summed E-state index contributed by atoms with van der Waals surface area (Å²) in [5.41, 5.74) is 3.54. The zero-order valence-corrected chi connectivity index (χ0v) is 11.6. The van der Waals surface area contributed by atoms with Gasteiger partial charge in [-0.1, -0.05) is 17.7 Å². The maximum Gasteiger partial charge on any atom is 0.339 e. The number of carboxylic acids is 1. The average Bonchev–Trinajstić information content (AvgIpc) is 3.08. The van der Waals surface area contributed by atoms with E-state index in [-0.39, 0.29) is 5.56 Å². The number of carbonyl (C=O) groups is 1. The molecule has 0 fully saturated rings. The fraction of sp³-hybridized carbons (Fsp3) is 0.0667. The second-order valence-electron chi connectivity index (χ2n) is 4.49. The highest BCUT2D eigenvalue weighted by Gasteiger charge is 2.17. The topological polar surface area (TPSA) is 55.1 Å². The number of aromatic nitrogens is 2. The minimum absolute atomic E-state index is 0.212. The molecule has 3 rings (SSSR count). The Morgan fingerprint density at radius 2 is 2.00 bits per heavy atom. The lowest BCUT2D eigenvalue weighted by molar-refractivity contribution is 0.0697.